The zero-order valence-corrected chi connectivity index (χ0v) is 11.6. The maximum Gasteiger partial charge on any atom is 0.323 e. The fraction of sp³-hybridized carbons (Fsp3) is 0.333. The van der Waals surface area contributed by atoms with Crippen LogP contribution in [-0.2, 0) is 9.84 Å². The van der Waals surface area contributed by atoms with Crippen molar-refractivity contribution in [3.63, 3.8) is 0 Å². The third-order valence-corrected chi connectivity index (χ3v) is 5.29. The summed E-state index contributed by atoms with van der Waals surface area (Å²) in [7, 11) is -3.53. The number of fused-ring (bicyclic) bond motifs is 1. The van der Waals surface area contributed by atoms with Crippen molar-refractivity contribution in [1.29, 1.82) is 0 Å². The number of H-pyrrole nitrogens is 2. The zero-order chi connectivity index (χ0) is 14.4. The minimum Gasteiger partial charge on any atom is -0.306 e. The second-order valence-corrected chi connectivity index (χ2v) is 7.52. The molecule has 0 aliphatic heterocycles. The average molecular weight is 282 g/mol. The lowest BCUT2D eigenvalue weighted by molar-refractivity contribution is 0.0954. The molecule has 0 atom stereocenters. The lowest BCUT2D eigenvalue weighted by Crippen LogP contribution is -2.39. The third kappa shape index (κ3) is 2.21. The number of hydrogen-bond acceptors (Lipinski definition) is 4. The Kier molecular flexibility index (Phi) is 2.89. The first-order chi connectivity index (χ1) is 8.63. The first-order valence-electron chi connectivity index (χ1n) is 5.59. The van der Waals surface area contributed by atoms with Crippen LogP contribution in [0.4, 0.5) is 0 Å². The van der Waals surface area contributed by atoms with E-state index >= 15 is 0 Å². The Morgan fingerprint density at radius 1 is 1.16 bits per heavy atom. The van der Waals surface area contributed by atoms with E-state index in [1.807, 2.05) is 0 Å². The van der Waals surface area contributed by atoms with E-state index in [0.717, 1.165) is 6.26 Å². The molecule has 0 radical (unpaired) electrons. The van der Waals surface area contributed by atoms with Crippen molar-refractivity contribution in [3.05, 3.63) is 34.2 Å². The minimum absolute atomic E-state index is 0.248. The maximum atomic E-state index is 12.3. The number of aromatic amines is 2. The lowest BCUT2D eigenvalue weighted by Gasteiger charge is -2.20. The van der Waals surface area contributed by atoms with Crippen LogP contribution in [0.2, 0.25) is 0 Å². The van der Waals surface area contributed by atoms with Gasteiger partial charge in [-0.15, -0.1) is 0 Å². The van der Waals surface area contributed by atoms with Gasteiger partial charge in [0.15, 0.2) is 15.6 Å². The van der Waals surface area contributed by atoms with Gasteiger partial charge in [-0.25, -0.2) is 13.2 Å². The van der Waals surface area contributed by atoms with Crippen LogP contribution in [-0.4, -0.2) is 35.2 Å². The number of sulfone groups is 1. The molecule has 1 aromatic heterocycles. The standard InChI is InChI=1S/C12H14N2O4S/c1-12(2,19(3,17)18)10(15)7-4-5-8-9(6-7)14-11(16)13-8/h4-6H,1-3H3,(H2,13,14,16). The van der Waals surface area contributed by atoms with E-state index in [-0.39, 0.29) is 11.3 Å². The smallest absolute Gasteiger partial charge is 0.306 e. The molecule has 0 spiro atoms. The fourth-order valence-corrected chi connectivity index (χ4v) is 2.14. The summed E-state index contributed by atoms with van der Waals surface area (Å²) >= 11 is 0. The van der Waals surface area contributed by atoms with Gasteiger partial charge in [-0.1, -0.05) is 0 Å². The predicted molar refractivity (Wildman–Crippen MR) is 72.2 cm³/mol. The van der Waals surface area contributed by atoms with Crippen molar-refractivity contribution in [2.75, 3.05) is 6.26 Å². The molecule has 2 aromatic rings. The van der Waals surface area contributed by atoms with Crippen LogP contribution < -0.4 is 5.69 Å². The summed E-state index contributed by atoms with van der Waals surface area (Å²) in [6, 6.07) is 4.54. The number of imidazole rings is 1. The normalized spacial score (nSPS) is 12.8. The third-order valence-electron chi connectivity index (χ3n) is 3.25. The number of nitrogens with one attached hydrogen (secondary N) is 2. The molecule has 0 bridgehead atoms. The van der Waals surface area contributed by atoms with Gasteiger partial charge >= 0.3 is 5.69 Å². The monoisotopic (exact) mass is 282 g/mol. The van der Waals surface area contributed by atoms with Crippen molar-refractivity contribution in [3.8, 4) is 0 Å². The Bertz CT molecular complexity index is 812. The van der Waals surface area contributed by atoms with Crippen LogP contribution in [0.15, 0.2) is 23.0 Å². The molecule has 2 rings (SSSR count). The van der Waals surface area contributed by atoms with Gasteiger partial charge < -0.3 is 9.97 Å². The summed E-state index contributed by atoms with van der Waals surface area (Å²) in [5, 5.41) is 0. The van der Waals surface area contributed by atoms with Gasteiger partial charge in [0.05, 0.1) is 11.0 Å². The number of aromatic nitrogens is 2. The first-order valence-corrected chi connectivity index (χ1v) is 7.48. The van der Waals surface area contributed by atoms with E-state index in [4.69, 9.17) is 0 Å². The second-order valence-electron chi connectivity index (χ2n) is 4.95. The number of carbonyl (C=O) groups is 1. The van der Waals surface area contributed by atoms with Crippen molar-refractivity contribution in [1.82, 2.24) is 9.97 Å². The van der Waals surface area contributed by atoms with Crippen molar-refractivity contribution in [2.45, 2.75) is 18.6 Å². The Balaban J connectivity index is 2.56. The second kappa shape index (κ2) is 4.06. The summed E-state index contributed by atoms with van der Waals surface area (Å²) < 4.78 is 21.8. The molecule has 1 heterocycles. The molecule has 0 saturated heterocycles. The van der Waals surface area contributed by atoms with Crippen LogP contribution in [0.25, 0.3) is 11.0 Å². The van der Waals surface area contributed by atoms with E-state index in [9.17, 15) is 18.0 Å². The van der Waals surface area contributed by atoms with Gasteiger partial charge in [-0.2, -0.15) is 0 Å². The first kappa shape index (κ1) is 13.5. The Morgan fingerprint density at radius 2 is 1.74 bits per heavy atom. The highest BCUT2D eigenvalue weighted by molar-refractivity contribution is 7.92. The highest BCUT2D eigenvalue weighted by Crippen LogP contribution is 2.22. The summed E-state index contributed by atoms with van der Waals surface area (Å²) in [5.41, 5.74) is 0.916. The zero-order valence-electron chi connectivity index (χ0n) is 10.8. The van der Waals surface area contributed by atoms with E-state index in [1.165, 1.54) is 26.0 Å². The highest BCUT2D eigenvalue weighted by atomic mass is 32.2. The maximum absolute atomic E-state index is 12.3. The van der Waals surface area contributed by atoms with Crippen LogP contribution in [0.3, 0.4) is 0 Å². The van der Waals surface area contributed by atoms with Gasteiger partial charge in [-0.05, 0) is 32.0 Å². The number of benzene rings is 1. The molecule has 1 aromatic carbocycles. The molecule has 0 unspecified atom stereocenters. The quantitative estimate of drug-likeness (QED) is 0.815. The SMILES string of the molecule is CC(C)(C(=O)c1ccc2[nH]c(=O)[nH]c2c1)S(C)(=O)=O. The summed E-state index contributed by atoms with van der Waals surface area (Å²) in [4.78, 5) is 28.5. The van der Waals surface area contributed by atoms with Crippen molar-refractivity contribution < 1.29 is 13.2 Å². The average Bonchev–Trinajstić information content (AvgIpc) is 2.65. The molecule has 0 fully saturated rings. The van der Waals surface area contributed by atoms with E-state index in [0.29, 0.717) is 11.0 Å². The van der Waals surface area contributed by atoms with Crippen LogP contribution >= 0.6 is 0 Å². The molecule has 19 heavy (non-hydrogen) atoms. The van der Waals surface area contributed by atoms with Gasteiger partial charge in [-0.3, -0.25) is 4.79 Å². The number of rotatable bonds is 3. The largest absolute Gasteiger partial charge is 0.323 e. The van der Waals surface area contributed by atoms with Crippen molar-refractivity contribution in [2.24, 2.45) is 0 Å². The van der Waals surface area contributed by atoms with Crippen LogP contribution in [0.1, 0.15) is 24.2 Å². The molecule has 0 saturated carbocycles. The van der Waals surface area contributed by atoms with E-state index in [2.05, 4.69) is 9.97 Å². The molecule has 7 heteroatoms. The molecular weight excluding hydrogens is 268 g/mol. The highest BCUT2D eigenvalue weighted by Gasteiger charge is 2.38. The summed E-state index contributed by atoms with van der Waals surface area (Å²) in [6.45, 7) is 2.74. The van der Waals surface area contributed by atoms with Crippen molar-refractivity contribution >= 4 is 26.7 Å². The molecule has 102 valence electrons. The molecule has 2 N–H and O–H groups in total. The summed E-state index contributed by atoms with van der Waals surface area (Å²) in [6.07, 6.45) is 1.03. The molecule has 0 aliphatic rings. The van der Waals surface area contributed by atoms with Crippen LogP contribution in [0, 0.1) is 0 Å². The number of carbonyl (C=O) groups excluding carboxylic acids is 1. The predicted octanol–water partition coefficient (Wildman–Crippen LogP) is 0.862. The topological polar surface area (TPSA) is 99.9 Å². The van der Waals surface area contributed by atoms with Gasteiger partial charge in [0.25, 0.3) is 0 Å². The fourth-order valence-electron chi connectivity index (χ4n) is 1.69. The number of ketones is 1. The molecule has 6 nitrogen and oxygen atoms in total. The molecule has 0 amide bonds. The number of hydrogen-bond donors (Lipinski definition) is 2. The molecular formula is C12H14N2O4S. The van der Waals surface area contributed by atoms with Crippen LogP contribution in [0.5, 0.6) is 0 Å². The minimum atomic E-state index is -3.53. The van der Waals surface area contributed by atoms with Gasteiger partial charge in [0, 0.05) is 11.8 Å². The Morgan fingerprint density at radius 3 is 2.32 bits per heavy atom. The Hall–Kier alpha value is -1.89. The van der Waals surface area contributed by atoms with Gasteiger partial charge in [0.2, 0.25) is 0 Å². The van der Waals surface area contributed by atoms with E-state index < -0.39 is 20.4 Å². The summed E-state index contributed by atoms with van der Waals surface area (Å²) in [5.74, 6) is -0.501. The Labute approximate surface area is 109 Å². The van der Waals surface area contributed by atoms with E-state index in [1.54, 1.807) is 6.07 Å². The molecule has 0 aliphatic carbocycles. The number of Topliss-reactive ketones (excluding diaryl/α,β-unsaturated/α-hetero) is 1. The lowest BCUT2D eigenvalue weighted by atomic mass is 10.00. The van der Waals surface area contributed by atoms with Gasteiger partial charge in [0.1, 0.15) is 4.75 Å².